The maximum atomic E-state index is 10.6. The van der Waals surface area contributed by atoms with E-state index in [1.807, 2.05) is 54.3 Å². The van der Waals surface area contributed by atoms with E-state index >= 15 is 0 Å². The lowest BCUT2D eigenvalue weighted by Crippen LogP contribution is -2.33. The van der Waals surface area contributed by atoms with Gasteiger partial charge < -0.3 is 15.1 Å². The van der Waals surface area contributed by atoms with E-state index in [0.29, 0.717) is 13.1 Å². The molecule has 0 saturated heterocycles. The quantitative estimate of drug-likeness (QED) is 0.849. The van der Waals surface area contributed by atoms with Crippen molar-refractivity contribution in [3.63, 3.8) is 0 Å². The molecule has 20 heavy (non-hydrogen) atoms. The molecule has 0 bridgehead atoms. The van der Waals surface area contributed by atoms with E-state index in [-0.39, 0.29) is 6.42 Å². The van der Waals surface area contributed by atoms with Gasteiger partial charge in [0.25, 0.3) is 0 Å². The van der Waals surface area contributed by atoms with Gasteiger partial charge in [-0.15, -0.1) is 0 Å². The number of nitrogens with zero attached hydrogens (tertiary/aromatic N) is 1. The normalized spacial score (nSPS) is 12.3. The molecule has 106 valence electrons. The first-order valence-corrected chi connectivity index (χ1v) is 6.74. The fourth-order valence-electron chi connectivity index (χ4n) is 2.40. The Labute approximate surface area is 118 Å². The fraction of sp³-hybridized carbons (Fsp3) is 0.312. The highest BCUT2D eigenvalue weighted by atomic mass is 16.4. The van der Waals surface area contributed by atoms with Crippen LogP contribution in [0.3, 0.4) is 0 Å². The molecule has 0 heterocycles. The molecule has 0 saturated carbocycles. The first-order valence-electron chi connectivity index (χ1n) is 6.74. The van der Waals surface area contributed by atoms with Crippen molar-refractivity contribution in [1.29, 1.82) is 0 Å². The van der Waals surface area contributed by atoms with Crippen LogP contribution in [0.15, 0.2) is 42.5 Å². The third-order valence-electron chi connectivity index (χ3n) is 3.33. The number of aliphatic hydroxyl groups excluding tert-OH is 1. The first-order chi connectivity index (χ1) is 9.61. The summed E-state index contributed by atoms with van der Waals surface area (Å²) in [6.07, 6.45) is -1.10. The van der Waals surface area contributed by atoms with Crippen LogP contribution in [-0.4, -0.2) is 35.4 Å². The highest BCUT2D eigenvalue weighted by Crippen LogP contribution is 2.26. The average molecular weight is 273 g/mol. The second kappa shape index (κ2) is 6.39. The summed E-state index contributed by atoms with van der Waals surface area (Å²) in [4.78, 5) is 12.7. The molecule has 4 heteroatoms. The lowest BCUT2D eigenvalue weighted by molar-refractivity contribution is -0.139. The molecule has 0 aliphatic heterocycles. The molecule has 0 aromatic heterocycles. The molecule has 0 spiro atoms. The number of anilines is 1. The number of aliphatic hydroxyl groups is 1. The van der Waals surface area contributed by atoms with Crippen molar-refractivity contribution in [3.05, 3.63) is 42.5 Å². The molecular weight excluding hydrogens is 254 g/mol. The van der Waals surface area contributed by atoms with Crippen LogP contribution in [0.5, 0.6) is 0 Å². The molecule has 0 fully saturated rings. The minimum absolute atomic E-state index is 0.235. The van der Waals surface area contributed by atoms with Gasteiger partial charge in [0.05, 0.1) is 12.5 Å². The number of carbonyl (C=O) groups is 1. The van der Waals surface area contributed by atoms with E-state index in [1.165, 1.54) is 0 Å². The monoisotopic (exact) mass is 273 g/mol. The summed E-state index contributed by atoms with van der Waals surface area (Å²) in [6.45, 7) is 3.02. The maximum absolute atomic E-state index is 10.6. The van der Waals surface area contributed by atoms with Crippen LogP contribution in [0.2, 0.25) is 0 Å². The van der Waals surface area contributed by atoms with Crippen LogP contribution in [-0.2, 0) is 4.79 Å². The number of hydrogen-bond acceptors (Lipinski definition) is 3. The highest BCUT2D eigenvalue weighted by Gasteiger charge is 2.15. The van der Waals surface area contributed by atoms with Crippen molar-refractivity contribution in [1.82, 2.24) is 0 Å². The number of benzene rings is 2. The molecule has 0 aliphatic carbocycles. The third kappa shape index (κ3) is 3.27. The van der Waals surface area contributed by atoms with Gasteiger partial charge >= 0.3 is 5.97 Å². The number of carboxylic acids is 1. The molecule has 2 N–H and O–H groups in total. The van der Waals surface area contributed by atoms with Gasteiger partial charge in [-0.2, -0.15) is 0 Å². The molecular formula is C16H19NO3. The fourth-order valence-corrected chi connectivity index (χ4v) is 2.40. The summed E-state index contributed by atoms with van der Waals surface area (Å²) in [5.41, 5.74) is 1.02. The second-order valence-electron chi connectivity index (χ2n) is 4.79. The lowest BCUT2D eigenvalue weighted by atomic mass is 10.1. The van der Waals surface area contributed by atoms with Gasteiger partial charge in [0.2, 0.25) is 0 Å². The standard InChI is InChI=1S/C16H19NO3/c1-2-17(11-13(18)10-16(19)20)15-9-5-7-12-6-3-4-8-14(12)15/h3-9,13,18H,2,10-11H2,1H3,(H,19,20). The zero-order valence-electron chi connectivity index (χ0n) is 11.5. The molecule has 2 aromatic rings. The minimum atomic E-state index is -0.980. The second-order valence-corrected chi connectivity index (χ2v) is 4.79. The van der Waals surface area contributed by atoms with E-state index in [0.717, 1.165) is 16.5 Å². The summed E-state index contributed by atoms with van der Waals surface area (Å²) in [7, 11) is 0. The van der Waals surface area contributed by atoms with Crippen LogP contribution in [0.1, 0.15) is 13.3 Å². The summed E-state index contributed by atoms with van der Waals surface area (Å²) in [6, 6.07) is 14.1. The van der Waals surface area contributed by atoms with Crippen molar-refractivity contribution in [2.24, 2.45) is 0 Å². The van der Waals surface area contributed by atoms with Crippen LogP contribution in [0.4, 0.5) is 5.69 Å². The molecule has 1 atom stereocenters. The van der Waals surface area contributed by atoms with E-state index in [9.17, 15) is 9.90 Å². The molecule has 0 radical (unpaired) electrons. The van der Waals surface area contributed by atoms with Gasteiger partial charge in [-0.3, -0.25) is 4.79 Å². The zero-order chi connectivity index (χ0) is 14.5. The SMILES string of the molecule is CCN(CC(O)CC(=O)O)c1cccc2ccccc12. The number of carboxylic acid groups (broad SMARTS) is 1. The van der Waals surface area contributed by atoms with Crippen molar-refractivity contribution in [2.75, 3.05) is 18.0 Å². The number of aliphatic carboxylic acids is 1. The predicted octanol–water partition coefficient (Wildman–Crippen LogP) is 2.50. The van der Waals surface area contributed by atoms with Gasteiger partial charge in [-0.05, 0) is 18.4 Å². The predicted molar refractivity (Wildman–Crippen MR) is 80.1 cm³/mol. The molecule has 1 unspecified atom stereocenters. The summed E-state index contributed by atoms with van der Waals surface area (Å²) < 4.78 is 0. The zero-order valence-corrected chi connectivity index (χ0v) is 11.5. The largest absolute Gasteiger partial charge is 0.481 e. The summed E-state index contributed by atoms with van der Waals surface area (Å²) in [5, 5.41) is 20.8. The molecule has 2 rings (SSSR count). The number of fused-ring (bicyclic) bond motifs is 1. The van der Waals surface area contributed by atoms with E-state index in [1.54, 1.807) is 0 Å². The van der Waals surface area contributed by atoms with Crippen LogP contribution in [0, 0.1) is 0 Å². The molecule has 4 nitrogen and oxygen atoms in total. The minimum Gasteiger partial charge on any atom is -0.481 e. The van der Waals surface area contributed by atoms with Crippen LogP contribution in [0.25, 0.3) is 10.8 Å². The lowest BCUT2D eigenvalue weighted by Gasteiger charge is -2.26. The van der Waals surface area contributed by atoms with Crippen LogP contribution >= 0.6 is 0 Å². The van der Waals surface area contributed by atoms with Crippen LogP contribution < -0.4 is 4.90 Å². The Morgan fingerprint density at radius 1 is 1.20 bits per heavy atom. The van der Waals surface area contributed by atoms with Gasteiger partial charge in [0, 0.05) is 24.2 Å². The van der Waals surface area contributed by atoms with Gasteiger partial charge in [-0.25, -0.2) is 0 Å². The van der Waals surface area contributed by atoms with E-state index in [2.05, 4.69) is 0 Å². The molecule has 0 aliphatic rings. The Morgan fingerprint density at radius 3 is 2.60 bits per heavy atom. The van der Waals surface area contributed by atoms with E-state index in [4.69, 9.17) is 5.11 Å². The Morgan fingerprint density at radius 2 is 1.90 bits per heavy atom. The van der Waals surface area contributed by atoms with Gasteiger partial charge in [0.1, 0.15) is 0 Å². The molecule has 2 aromatic carbocycles. The van der Waals surface area contributed by atoms with Crippen molar-refractivity contribution >= 4 is 22.4 Å². The number of likely N-dealkylation sites (N-methyl/N-ethyl adjacent to an activating group) is 1. The van der Waals surface area contributed by atoms with Crippen molar-refractivity contribution < 1.29 is 15.0 Å². The summed E-state index contributed by atoms with van der Waals surface area (Å²) in [5.74, 6) is -0.980. The summed E-state index contributed by atoms with van der Waals surface area (Å²) >= 11 is 0. The topological polar surface area (TPSA) is 60.8 Å². The van der Waals surface area contributed by atoms with Gasteiger partial charge in [0.15, 0.2) is 0 Å². The Hall–Kier alpha value is -2.07. The van der Waals surface area contributed by atoms with Crippen molar-refractivity contribution in [2.45, 2.75) is 19.4 Å². The highest BCUT2D eigenvalue weighted by molar-refractivity contribution is 5.94. The first kappa shape index (κ1) is 14.3. The average Bonchev–Trinajstić information content (AvgIpc) is 2.43. The Bertz CT molecular complexity index is 592. The maximum Gasteiger partial charge on any atom is 0.306 e. The Balaban J connectivity index is 2.27. The molecule has 0 amide bonds. The Kier molecular flexibility index (Phi) is 4.58. The van der Waals surface area contributed by atoms with E-state index < -0.39 is 12.1 Å². The smallest absolute Gasteiger partial charge is 0.306 e. The number of hydrogen-bond donors (Lipinski definition) is 2. The number of rotatable bonds is 6. The van der Waals surface area contributed by atoms with Gasteiger partial charge in [-0.1, -0.05) is 36.4 Å². The van der Waals surface area contributed by atoms with Crippen molar-refractivity contribution in [3.8, 4) is 0 Å². The third-order valence-corrected chi connectivity index (χ3v) is 3.33.